The third-order valence-electron chi connectivity index (χ3n) is 3.74. The SMILES string of the molecule is NC(=O)c1c(NC(=O)c2ccc(OC(F)(F)F)cc2)sc2c1CCC2. The summed E-state index contributed by atoms with van der Waals surface area (Å²) in [5.74, 6) is -1.57. The molecule has 1 heterocycles. The fraction of sp³-hybridized carbons (Fsp3) is 0.250. The number of halogens is 3. The number of benzene rings is 1. The second kappa shape index (κ2) is 6.40. The van der Waals surface area contributed by atoms with Crippen LogP contribution in [0.1, 0.15) is 37.6 Å². The second-order valence-corrected chi connectivity index (χ2v) is 6.56. The number of hydrogen-bond donors (Lipinski definition) is 2. The van der Waals surface area contributed by atoms with Crippen LogP contribution in [0.3, 0.4) is 0 Å². The van der Waals surface area contributed by atoms with Gasteiger partial charge in [0, 0.05) is 10.4 Å². The van der Waals surface area contributed by atoms with E-state index in [0.717, 1.165) is 41.8 Å². The summed E-state index contributed by atoms with van der Waals surface area (Å²) in [6.45, 7) is 0. The quantitative estimate of drug-likeness (QED) is 0.864. The van der Waals surface area contributed by atoms with Crippen LogP contribution in [0.25, 0.3) is 0 Å². The van der Waals surface area contributed by atoms with Crippen molar-refractivity contribution in [1.29, 1.82) is 0 Å². The largest absolute Gasteiger partial charge is 0.573 e. The van der Waals surface area contributed by atoms with Gasteiger partial charge in [-0.15, -0.1) is 24.5 Å². The number of aryl methyl sites for hydroxylation is 1. The van der Waals surface area contributed by atoms with E-state index in [-0.39, 0.29) is 5.56 Å². The summed E-state index contributed by atoms with van der Waals surface area (Å²) in [4.78, 5) is 25.0. The lowest BCUT2D eigenvalue weighted by Gasteiger charge is -2.09. The number of ether oxygens (including phenoxy) is 1. The molecule has 0 unspecified atom stereocenters. The Morgan fingerprint density at radius 2 is 1.84 bits per heavy atom. The van der Waals surface area contributed by atoms with E-state index in [4.69, 9.17) is 5.73 Å². The predicted molar refractivity (Wildman–Crippen MR) is 85.9 cm³/mol. The minimum absolute atomic E-state index is 0.138. The Labute approximate surface area is 144 Å². The number of rotatable bonds is 4. The first kappa shape index (κ1) is 17.3. The first-order valence-electron chi connectivity index (χ1n) is 7.36. The maximum atomic E-state index is 12.3. The van der Waals surface area contributed by atoms with Gasteiger partial charge < -0.3 is 15.8 Å². The van der Waals surface area contributed by atoms with Gasteiger partial charge in [0.2, 0.25) is 0 Å². The number of thiophene rings is 1. The monoisotopic (exact) mass is 370 g/mol. The van der Waals surface area contributed by atoms with Gasteiger partial charge in [0.15, 0.2) is 0 Å². The molecule has 1 aromatic carbocycles. The second-order valence-electron chi connectivity index (χ2n) is 5.45. The molecule has 1 aliphatic carbocycles. The number of anilines is 1. The fourth-order valence-electron chi connectivity index (χ4n) is 2.74. The van der Waals surface area contributed by atoms with E-state index in [1.807, 2.05) is 0 Å². The van der Waals surface area contributed by atoms with Gasteiger partial charge in [0.25, 0.3) is 11.8 Å². The van der Waals surface area contributed by atoms with Crippen LogP contribution in [-0.4, -0.2) is 18.2 Å². The maximum absolute atomic E-state index is 12.3. The molecule has 0 saturated carbocycles. The number of hydrogen-bond acceptors (Lipinski definition) is 4. The van der Waals surface area contributed by atoms with Crippen molar-refractivity contribution < 1.29 is 27.5 Å². The van der Waals surface area contributed by atoms with Crippen molar-refractivity contribution in [3.05, 3.63) is 45.8 Å². The zero-order chi connectivity index (χ0) is 18.2. The van der Waals surface area contributed by atoms with Crippen LogP contribution in [0, 0.1) is 0 Å². The minimum atomic E-state index is -4.79. The van der Waals surface area contributed by atoms with E-state index in [1.54, 1.807) is 0 Å². The number of amides is 2. The van der Waals surface area contributed by atoms with Gasteiger partial charge in [-0.2, -0.15) is 0 Å². The van der Waals surface area contributed by atoms with Gasteiger partial charge in [-0.1, -0.05) is 0 Å². The van der Waals surface area contributed by atoms with Crippen LogP contribution in [0.5, 0.6) is 5.75 Å². The lowest BCUT2D eigenvalue weighted by atomic mass is 10.1. The topological polar surface area (TPSA) is 81.4 Å². The van der Waals surface area contributed by atoms with E-state index in [0.29, 0.717) is 10.6 Å². The van der Waals surface area contributed by atoms with E-state index in [9.17, 15) is 22.8 Å². The van der Waals surface area contributed by atoms with Crippen molar-refractivity contribution in [3.8, 4) is 5.75 Å². The molecule has 1 aliphatic rings. The standard InChI is InChI=1S/C16H13F3N2O3S/c17-16(18,19)24-9-6-4-8(5-7-9)14(23)21-15-12(13(20)22)10-2-1-3-11(10)25-15/h4-7H,1-3H2,(H2,20,22)(H,21,23). The molecular weight excluding hydrogens is 357 g/mol. The first-order valence-corrected chi connectivity index (χ1v) is 8.18. The van der Waals surface area contributed by atoms with Gasteiger partial charge in [-0.25, -0.2) is 0 Å². The van der Waals surface area contributed by atoms with Crippen LogP contribution in [0.15, 0.2) is 24.3 Å². The van der Waals surface area contributed by atoms with Gasteiger partial charge in [-0.3, -0.25) is 9.59 Å². The minimum Gasteiger partial charge on any atom is -0.406 e. The van der Waals surface area contributed by atoms with Crippen LogP contribution in [-0.2, 0) is 12.8 Å². The smallest absolute Gasteiger partial charge is 0.406 e. The van der Waals surface area contributed by atoms with E-state index < -0.39 is 23.9 Å². The molecule has 2 aromatic rings. The van der Waals surface area contributed by atoms with Gasteiger partial charge in [0.05, 0.1) is 5.56 Å². The molecule has 25 heavy (non-hydrogen) atoms. The Hall–Kier alpha value is -2.55. The predicted octanol–water partition coefficient (Wildman–Crippen LogP) is 3.49. The Morgan fingerprint density at radius 3 is 2.44 bits per heavy atom. The van der Waals surface area contributed by atoms with Crippen molar-refractivity contribution in [2.45, 2.75) is 25.6 Å². The van der Waals surface area contributed by atoms with Gasteiger partial charge in [0.1, 0.15) is 10.8 Å². The highest BCUT2D eigenvalue weighted by Crippen LogP contribution is 2.39. The Bertz CT molecular complexity index is 828. The van der Waals surface area contributed by atoms with Gasteiger partial charge in [-0.05, 0) is 49.1 Å². The molecule has 0 atom stereocenters. The van der Waals surface area contributed by atoms with Crippen molar-refractivity contribution in [2.24, 2.45) is 5.73 Å². The molecule has 9 heteroatoms. The summed E-state index contributed by atoms with van der Waals surface area (Å²) in [7, 11) is 0. The van der Waals surface area contributed by atoms with E-state index in [2.05, 4.69) is 10.1 Å². The summed E-state index contributed by atoms with van der Waals surface area (Å²) < 4.78 is 40.2. The molecule has 0 spiro atoms. The Balaban J connectivity index is 1.78. The summed E-state index contributed by atoms with van der Waals surface area (Å²) in [6.07, 6.45) is -2.28. The molecule has 2 amide bonds. The highest BCUT2D eigenvalue weighted by molar-refractivity contribution is 7.17. The molecule has 0 fully saturated rings. The number of nitrogens with two attached hydrogens (primary N) is 1. The van der Waals surface area contributed by atoms with Crippen LogP contribution in [0.4, 0.5) is 18.2 Å². The van der Waals surface area contributed by atoms with Gasteiger partial charge >= 0.3 is 6.36 Å². The number of carbonyl (C=O) groups excluding carboxylic acids is 2. The average Bonchev–Trinajstić information content (AvgIpc) is 3.06. The zero-order valence-corrected chi connectivity index (χ0v) is 13.6. The van der Waals surface area contributed by atoms with Crippen LogP contribution >= 0.6 is 11.3 Å². The Morgan fingerprint density at radius 1 is 1.16 bits per heavy atom. The summed E-state index contributed by atoms with van der Waals surface area (Å²) >= 11 is 1.30. The van der Waals surface area contributed by atoms with E-state index in [1.165, 1.54) is 23.5 Å². The zero-order valence-electron chi connectivity index (χ0n) is 12.8. The van der Waals surface area contributed by atoms with Crippen molar-refractivity contribution >= 4 is 28.2 Å². The van der Waals surface area contributed by atoms with Crippen LogP contribution < -0.4 is 15.8 Å². The Kier molecular flexibility index (Phi) is 4.42. The number of nitrogens with one attached hydrogen (secondary N) is 1. The molecule has 3 rings (SSSR count). The fourth-order valence-corrected chi connectivity index (χ4v) is 4.03. The molecule has 0 radical (unpaired) electrons. The molecule has 1 aromatic heterocycles. The number of primary amides is 1. The third kappa shape index (κ3) is 3.76. The molecule has 0 saturated heterocycles. The third-order valence-corrected chi connectivity index (χ3v) is 4.95. The van der Waals surface area contributed by atoms with Crippen molar-refractivity contribution in [1.82, 2.24) is 0 Å². The summed E-state index contributed by atoms with van der Waals surface area (Å²) in [5.41, 5.74) is 6.75. The molecular formula is C16H13F3N2O3S. The van der Waals surface area contributed by atoms with Crippen molar-refractivity contribution in [2.75, 3.05) is 5.32 Å². The number of fused-ring (bicyclic) bond motifs is 1. The average molecular weight is 370 g/mol. The lowest BCUT2D eigenvalue weighted by Crippen LogP contribution is -2.18. The molecule has 132 valence electrons. The van der Waals surface area contributed by atoms with E-state index >= 15 is 0 Å². The number of carbonyl (C=O) groups is 2. The summed E-state index contributed by atoms with van der Waals surface area (Å²) in [5, 5.41) is 2.99. The molecule has 0 aliphatic heterocycles. The maximum Gasteiger partial charge on any atom is 0.573 e. The number of alkyl halides is 3. The molecule has 0 bridgehead atoms. The molecule has 3 N–H and O–H groups in total. The van der Waals surface area contributed by atoms with Crippen molar-refractivity contribution in [3.63, 3.8) is 0 Å². The van der Waals surface area contributed by atoms with Crippen LogP contribution in [0.2, 0.25) is 0 Å². The highest BCUT2D eigenvalue weighted by atomic mass is 32.1. The highest BCUT2D eigenvalue weighted by Gasteiger charge is 2.31. The summed E-state index contributed by atoms with van der Waals surface area (Å²) in [6, 6.07) is 4.51. The molecule has 5 nitrogen and oxygen atoms in total. The lowest BCUT2D eigenvalue weighted by molar-refractivity contribution is -0.274. The first-order chi connectivity index (χ1) is 11.7. The normalized spacial score (nSPS) is 13.4.